The first-order chi connectivity index (χ1) is 5.68. The van der Waals surface area contributed by atoms with Gasteiger partial charge in [-0.3, -0.25) is 4.79 Å². The molecule has 12 heavy (non-hydrogen) atoms. The smallest absolute Gasteiger partial charge is 0.221 e. The molecule has 0 bridgehead atoms. The van der Waals surface area contributed by atoms with Crippen molar-refractivity contribution < 1.29 is 4.79 Å². The summed E-state index contributed by atoms with van der Waals surface area (Å²) in [5.41, 5.74) is 5.51. The minimum absolute atomic E-state index is 0.0218. The van der Waals surface area contributed by atoms with Gasteiger partial charge in [0.05, 0.1) is 0 Å². The topological polar surface area (TPSA) is 55.1 Å². The van der Waals surface area contributed by atoms with E-state index in [2.05, 4.69) is 5.32 Å². The van der Waals surface area contributed by atoms with Crippen LogP contribution < -0.4 is 11.1 Å². The Kier molecular flexibility index (Phi) is 3.53. The summed E-state index contributed by atoms with van der Waals surface area (Å²) in [5.74, 6) is 0.108. The molecule has 1 aliphatic rings. The van der Waals surface area contributed by atoms with Crippen molar-refractivity contribution in [3.05, 3.63) is 0 Å². The standard InChI is InChI=1S/C9H18N2O/c1-7(10)6-9(12)11-8-4-2-3-5-8/h7-8H,2-6,10H2,1H3,(H,11,12). The first-order valence-electron chi connectivity index (χ1n) is 4.73. The Bertz CT molecular complexity index is 151. The minimum atomic E-state index is -0.0218. The number of amides is 1. The van der Waals surface area contributed by atoms with E-state index in [4.69, 9.17) is 5.73 Å². The van der Waals surface area contributed by atoms with Gasteiger partial charge in [-0.15, -0.1) is 0 Å². The highest BCUT2D eigenvalue weighted by atomic mass is 16.1. The van der Waals surface area contributed by atoms with Gasteiger partial charge in [-0.2, -0.15) is 0 Å². The molecule has 0 aliphatic heterocycles. The lowest BCUT2D eigenvalue weighted by molar-refractivity contribution is -0.122. The largest absolute Gasteiger partial charge is 0.353 e. The van der Waals surface area contributed by atoms with E-state index < -0.39 is 0 Å². The van der Waals surface area contributed by atoms with Gasteiger partial charge in [0.25, 0.3) is 0 Å². The molecule has 0 aromatic carbocycles. The van der Waals surface area contributed by atoms with Crippen LogP contribution in [-0.2, 0) is 4.79 Å². The number of rotatable bonds is 3. The zero-order chi connectivity index (χ0) is 8.97. The molecule has 1 atom stereocenters. The molecule has 3 heteroatoms. The third-order valence-electron chi connectivity index (χ3n) is 2.23. The van der Waals surface area contributed by atoms with Crippen molar-refractivity contribution in [2.24, 2.45) is 5.73 Å². The van der Waals surface area contributed by atoms with E-state index in [1.807, 2.05) is 6.92 Å². The molecule has 0 aromatic heterocycles. The number of nitrogens with one attached hydrogen (secondary N) is 1. The van der Waals surface area contributed by atoms with Crippen molar-refractivity contribution in [3.63, 3.8) is 0 Å². The second-order valence-electron chi connectivity index (χ2n) is 3.73. The van der Waals surface area contributed by atoms with Crippen LogP contribution in [0.4, 0.5) is 0 Å². The molecule has 1 unspecified atom stereocenters. The van der Waals surface area contributed by atoms with Crippen LogP contribution in [0.15, 0.2) is 0 Å². The predicted octanol–water partition coefficient (Wildman–Crippen LogP) is 0.782. The van der Waals surface area contributed by atoms with E-state index in [0.717, 1.165) is 12.8 Å². The fourth-order valence-corrected chi connectivity index (χ4v) is 1.65. The third kappa shape index (κ3) is 3.22. The first kappa shape index (κ1) is 9.52. The average molecular weight is 170 g/mol. The Morgan fingerprint density at radius 1 is 1.58 bits per heavy atom. The lowest BCUT2D eigenvalue weighted by atomic mass is 10.2. The molecule has 1 fully saturated rings. The minimum Gasteiger partial charge on any atom is -0.353 e. The van der Waals surface area contributed by atoms with Gasteiger partial charge in [0, 0.05) is 18.5 Å². The highest BCUT2D eigenvalue weighted by Crippen LogP contribution is 2.17. The van der Waals surface area contributed by atoms with Crippen molar-refractivity contribution in [3.8, 4) is 0 Å². The van der Waals surface area contributed by atoms with Crippen LogP contribution in [0.3, 0.4) is 0 Å². The van der Waals surface area contributed by atoms with Crippen LogP contribution in [0.25, 0.3) is 0 Å². The number of carbonyl (C=O) groups excluding carboxylic acids is 1. The molecule has 3 nitrogen and oxygen atoms in total. The summed E-state index contributed by atoms with van der Waals surface area (Å²) in [6, 6.07) is 0.405. The molecule has 0 aromatic rings. The van der Waals surface area contributed by atoms with Crippen molar-refractivity contribution in [1.82, 2.24) is 5.32 Å². The summed E-state index contributed by atoms with van der Waals surface area (Å²) in [6.07, 6.45) is 5.25. The Hall–Kier alpha value is -0.570. The van der Waals surface area contributed by atoms with Crippen LogP contribution in [0.5, 0.6) is 0 Å². The van der Waals surface area contributed by atoms with E-state index in [1.54, 1.807) is 0 Å². The summed E-state index contributed by atoms with van der Waals surface area (Å²) in [7, 11) is 0. The summed E-state index contributed by atoms with van der Waals surface area (Å²) >= 11 is 0. The average Bonchev–Trinajstić information content (AvgIpc) is 2.37. The van der Waals surface area contributed by atoms with E-state index in [0.29, 0.717) is 12.5 Å². The predicted molar refractivity (Wildman–Crippen MR) is 48.7 cm³/mol. The van der Waals surface area contributed by atoms with Gasteiger partial charge in [-0.1, -0.05) is 12.8 Å². The highest BCUT2D eigenvalue weighted by Gasteiger charge is 2.17. The molecule has 70 valence electrons. The third-order valence-corrected chi connectivity index (χ3v) is 2.23. The molecule has 1 rings (SSSR count). The van der Waals surface area contributed by atoms with E-state index in [9.17, 15) is 4.79 Å². The molecular weight excluding hydrogens is 152 g/mol. The Labute approximate surface area is 73.7 Å². The summed E-state index contributed by atoms with van der Waals surface area (Å²) in [5, 5.41) is 2.99. The molecule has 0 saturated heterocycles. The molecule has 3 N–H and O–H groups in total. The zero-order valence-electron chi connectivity index (χ0n) is 7.68. The van der Waals surface area contributed by atoms with Gasteiger partial charge >= 0.3 is 0 Å². The lowest BCUT2D eigenvalue weighted by Gasteiger charge is -2.12. The quantitative estimate of drug-likeness (QED) is 0.657. The molecule has 0 heterocycles. The Morgan fingerprint density at radius 3 is 2.67 bits per heavy atom. The fourth-order valence-electron chi connectivity index (χ4n) is 1.65. The maximum Gasteiger partial charge on any atom is 0.221 e. The Balaban J connectivity index is 2.16. The number of nitrogens with two attached hydrogens (primary N) is 1. The Morgan fingerprint density at radius 2 is 2.17 bits per heavy atom. The normalized spacial score (nSPS) is 20.8. The van der Waals surface area contributed by atoms with Crippen LogP contribution in [0.1, 0.15) is 39.0 Å². The van der Waals surface area contributed by atoms with Gasteiger partial charge in [0.2, 0.25) is 5.91 Å². The van der Waals surface area contributed by atoms with Crippen LogP contribution in [0, 0.1) is 0 Å². The van der Waals surface area contributed by atoms with Crippen molar-refractivity contribution in [2.75, 3.05) is 0 Å². The molecular formula is C9H18N2O. The van der Waals surface area contributed by atoms with Gasteiger partial charge in [-0.05, 0) is 19.8 Å². The van der Waals surface area contributed by atoms with Gasteiger partial charge in [0.1, 0.15) is 0 Å². The van der Waals surface area contributed by atoms with Gasteiger partial charge in [-0.25, -0.2) is 0 Å². The van der Waals surface area contributed by atoms with Crippen molar-refractivity contribution >= 4 is 5.91 Å². The summed E-state index contributed by atoms with van der Waals surface area (Å²) < 4.78 is 0. The van der Waals surface area contributed by atoms with Gasteiger partial charge in [0.15, 0.2) is 0 Å². The van der Waals surface area contributed by atoms with Crippen molar-refractivity contribution in [2.45, 2.75) is 51.1 Å². The molecule has 1 aliphatic carbocycles. The maximum atomic E-state index is 11.2. The van der Waals surface area contributed by atoms with Crippen LogP contribution >= 0.6 is 0 Å². The SMILES string of the molecule is CC(N)CC(=O)NC1CCCC1. The first-order valence-corrected chi connectivity index (χ1v) is 4.73. The number of carbonyl (C=O) groups is 1. The fraction of sp³-hybridized carbons (Fsp3) is 0.889. The number of hydrogen-bond acceptors (Lipinski definition) is 2. The maximum absolute atomic E-state index is 11.2. The van der Waals surface area contributed by atoms with Crippen molar-refractivity contribution in [1.29, 1.82) is 0 Å². The lowest BCUT2D eigenvalue weighted by Crippen LogP contribution is -2.35. The van der Waals surface area contributed by atoms with Crippen LogP contribution in [0.2, 0.25) is 0 Å². The van der Waals surface area contributed by atoms with Gasteiger partial charge < -0.3 is 11.1 Å². The second kappa shape index (κ2) is 4.45. The van der Waals surface area contributed by atoms with E-state index in [-0.39, 0.29) is 11.9 Å². The summed E-state index contributed by atoms with van der Waals surface area (Å²) in [6.45, 7) is 1.86. The molecule has 0 spiro atoms. The zero-order valence-corrected chi connectivity index (χ0v) is 7.68. The summed E-state index contributed by atoms with van der Waals surface area (Å²) in [4.78, 5) is 11.2. The molecule has 1 amide bonds. The highest BCUT2D eigenvalue weighted by molar-refractivity contribution is 5.76. The number of hydrogen-bond donors (Lipinski definition) is 2. The van der Waals surface area contributed by atoms with Crippen LogP contribution in [-0.4, -0.2) is 18.0 Å². The van der Waals surface area contributed by atoms with E-state index >= 15 is 0 Å². The molecule has 1 saturated carbocycles. The monoisotopic (exact) mass is 170 g/mol. The van der Waals surface area contributed by atoms with E-state index in [1.165, 1.54) is 12.8 Å². The second-order valence-corrected chi connectivity index (χ2v) is 3.73. The molecule has 0 radical (unpaired) electrons.